The average molecular weight is 989 g/mol. The summed E-state index contributed by atoms with van der Waals surface area (Å²) in [4.78, 5) is 95.9. The van der Waals surface area contributed by atoms with E-state index in [1.54, 1.807) is 0 Å². The predicted octanol–water partition coefficient (Wildman–Crippen LogP) is -4.73. The summed E-state index contributed by atoms with van der Waals surface area (Å²) in [5.41, 5.74) is 9.30. The van der Waals surface area contributed by atoms with Crippen LogP contribution >= 0.6 is 35.2 Å². The van der Waals surface area contributed by atoms with Crippen molar-refractivity contribution in [2.24, 2.45) is 11.1 Å². The summed E-state index contributed by atoms with van der Waals surface area (Å²) in [5, 5.41) is 61.2. The molecule has 0 aliphatic carbocycles. The van der Waals surface area contributed by atoms with E-state index in [0.717, 1.165) is 29.0 Å². The van der Waals surface area contributed by atoms with Crippen LogP contribution in [-0.4, -0.2) is 180 Å². The van der Waals surface area contributed by atoms with Crippen LogP contribution in [0.15, 0.2) is 12.7 Å². The summed E-state index contributed by atoms with van der Waals surface area (Å²) in [6.07, 6.45) is -11.3. The van der Waals surface area contributed by atoms with Crippen molar-refractivity contribution < 1.29 is 106 Å². The fraction of sp³-hybridized carbons (Fsp3) is 0.690. The standard InChI is InChI=1S/C23H38N7O17P3S.C6H13NO5/c1-12(31)51-7-6-25-14(32)4-5-26-21(35)18(34)23(2,3)9-44-50(41,42)47-49(39,40)43-8-13-17(46-48(36,37)38)16(33)22(45-13)30-11-29-15-19(24)27-10-28-20(15)30;7-3(1-8)5(11)6(12)4(10)2-9/h10-11,13,16-18,22,33-34H,4-9H2,1-3H3,(H,25,32)(H,26,35)(H,39,40)(H,41,42)(H2,24,27,28)(H2,36,37,38);1,3-6,9-12H,2,7H2/t13-,16-,17-,18+,22-;3-,4+,5+,6+/m10/s1. The van der Waals surface area contributed by atoms with Crippen molar-refractivity contribution in [1.29, 1.82) is 0 Å². The zero-order chi connectivity index (χ0) is 48.1. The van der Waals surface area contributed by atoms with E-state index in [1.165, 1.54) is 20.8 Å². The minimum Gasteiger partial charge on any atom is -0.394 e. The molecule has 3 heterocycles. The highest BCUT2D eigenvalue weighted by Gasteiger charge is 2.50. The number of carbonyl (C=O) groups excluding carboxylic acids is 4. The monoisotopic (exact) mass is 988 g/mol. The Bertz CT molecular complexity index is 2000. The van der Waals surface area contributed by atoms with Gasteiger partial charge < -0.3 is 81.8 Å². The number of amides is 2. The van der Waals surface area contributed by atoms with Crippen molar-refractivity contribution in [3.05, 3.63) is 12.7 Å². The van der Waals surface area contributed by atoms with Crippen molar-refractivity contribution in [1.82, 2.24) is 30.2 Å². The Morgan fingerprint density at radius 3 is 2.24 bits per heavy atom. The largest absolute Gasteiger partial charge is 0.481 e. The number of hydrogen-bond acceptors (Lipinski definition) is 24. The molecule has 63 heavy (non-hydrogen) atoms. The van der Waals surface area contributed by atoms with Crippen LogP contribution in [0.3, 0.4) is 0 Å². The molecular formula is C29H51N8O22P3S. The second kappa shape index (κ2) is 24.5. The molecule has 2 amide bonds. The number of ether oxygens (including phenoxy) is 1. The SMILES string of the molecule is CC(=O)SCCNC(=O)CCNC(=O)[C@H](O)C(C)(C)COP(=O)(O)OP(=O)(O)OC[C@H]1O[C@@H](n2cnc3c(N)ncnc32)[C@H](O)[C@@H]1OP(=O)(O)O.N[C@@H](C=O)[C@@H](O)[C@H](O)[C@H](O)CO. The van der Waals surface area contributed by atoms with Crippen LogP contribution in [0.25, 0.3) is 11.2 Å². The van der Waals surface area contributed by atoms with Gasteiger partial charge in [0.25, 0.3) is 0 Å². The number of anilines is 1. The number of nitrogens with zero attached hydrogens (tertiary/aromatic N) is 4. The topological polar surface area (TPSA) is 488 Å². The highest BCUT2D eigenvalue weighted by atomic mass is 32.2. The lowest BCUT2D eigenvalue weighted by atomic mass is 9.87. The zero-order valence-electron chi connectivity index (χ0n) is 33.4. The third-order valence-electron chi connectivity index (χ3n) is 8.29. The number of fused-ring (bicyclic) bond motifs is 1. The number of nitrogen functional groups attached to an aromatic ring is 1. The number of aldehydes is 1. The van der Waals surface area contributed by atoms with Crippen molar-refractivity contribution in [2.45, 2.75) is 82.2 Å². The molecule has 34 heteroatoms. The number of imidazole rings is 1. The van der Waals surface area contributed by atoms with Crippen LogP contribution in [0.5, 0.6) is 0 Å². The summed E-state index contributed by atoms with van der Waals surface area (Å²) >= 11 is 1.03. The number of nitrogens with two attached hydrogens (primary N) is 2. The van der Waals surface area contributed by atoms with Gasteiger partial charge in [0.1, 0.15) is 60.9 Å². The Morgan fingerprint density at radius 1 is 1.02 bits per heavy atom. The lowest BCUT2D eigenvalue weighted by molar-refractivity contribution is -0.137. The Labute approximate surface area is 361 Å². The molecule has 2 aromatic heterocycles. The van der Waals surface area contributed by atoms with Gasteiger partial charge >= 0.3 is 23.5 Å². The highest BCUT2D eigenvalue weighted by molar-refractivity contribution is 8.13. The molecule has 1 aliphatic rings. The van der Waals surface area contributed by atoms with Gasteiger partial charge in [-0.25, -0.2) is 28.6 Å². The molecule has 16 N–H and O–H groups in total. The molecule has 0 spiro atoms. The van der Waals surface area contributed by atoms with E-state index in [2.05, 4.69) is 34.4 Å². The Morgan fingerprint density at radius 2 is 1.65 bits per heavy atom. The molecule has 0 bridgehead atoms. The lowest BCUT2D eigenvalue weighted by Crippen LogP contribution is -2.49. The van der Waals surface area contributed by atoms with Gasteiger partial charge in [-0.05, 0) is 0 Å². The number of phosphoric acid groups is 3. The number of phosphoric ester groups is 3. The number of thioether (sulfide) groups is 1. The Kier molecular flexibility index (Phi) is 21.9. The fourth-order valence-electron chi connectivity index (χ4n) is 4.97. The number of aliphatic hydroxyl groups is 6. The van der Waals surface area contributed by atoms with Crippen LogP contribution in [0.1, 0.15) is 33.4 Å². The van der Waals surface area contributed by atoms with Gasteiger partial charge in [0.05, 0.1) is 32.2 Å². The molecule has 1 fully saturated rings. The van der Waals surface area contributed by atoms with Gasteiger partial charge in [0, 0.05) is 37.6 Å². The normalized spacial score (nSPS) is 22.3. The van der Waals surface area contributed by atoms with Gasteiger partial charge in [-0.3, -0.25) is 32.5 Å². The second-order valence-corrected chi connectivity index (χ2v) is 19.4. The predicted molar refractivity (Wildman–Crippen MR) is 212 cm³/mol. The first-order valence-electron chi connectivity index (χ1n) is 17.9. The summed E-state index contributed by atoms with van der Waals surface area (Å²) < 4.78 is 61.8. The Balaban J connectivity index is 0.000000988. The first-order chi connectivity index (χ1) is 29.1. The minimum atomic E-state index is -5.56. The van der Waals surface area contributed by atoms with Gasteiger partial charge in [-0.1, -0.05) is 25.6 Å². The molecule has 1 aliphatic heterocycles. The first kappa shape index (κ1) is 56.2. The van der Waals surface area contributed by atoms with Crippen LogP contribution in [0.2, 0.25) is 0 Å². The van der Waals surface area contributed by atoms with E-state index in [4.69, 9.17) is 45.7 Å². The summed E-state index contributed by atoms with van der Waals surface area (Å²) in [6.45, 7) is 1.20. The maximum Gasteiger partial charge on any atom is 0.481 e. The number of rotatable bonds is 24. The van der Waals surface area contributed by atoms with E-state index in [9.17, 15) is 62.7 Å². The fourth-order valence-corrected chi connectivity index (χ4v) is 8.29. The molecule has 360 valence electrons. The third kappa shape index (κ3) is 18.1. The highest BCUT2D eigenvalue weighted by Crippen LogP contribution is 2.61. The summed E-state index contributed by atoms with van der Waals surface area (Å²) in [5.74, 6) is -1.08. The van der Waals surface area contributed by atoms with Crippen LogP contribution < -0.4 is 22.1 Å². The second-order valence-electron chi connectivity index (χ2n) is 13.9. The maximum absolute atomic E-state index is 12.6. The van der Waals surface area contributed by atoms with Crippen molar-refractivity contribution >= 4 is 75.4 Å². The first-order valence-corrected chi connectivity index (χ1v) is 23.4. The number of aliphatic hydroxyl groups excluding tert-OH is 6. The smallest absolute Gasteiger partial charge is 0.394 e. The van der Waals surface area contributed by atoms with E-state index >= 15 is 0 Å². The van der Waals surface area contributed by atoms with Gasteiger partial charge in [0.2, 0.25) is 11.8 Å². The van der Waals surface area contributed by atoms with Crippen molar-refractivity contribution in [3.63, 3.8) is 0 Å². The number of nitrogens with one attached hydrogen (secondary N) is 2. The Hall–Kier alpha value is -2.97. The lowest BCUT2D eigenvalue weighted by Gasteiger charge is -2.30. The molecule has 1 saturated heterocycles. The van der Waals surface area contributed by atoms with Crippen LogP contribution in [0.4, 0.5) is 5.82 Å². The van der Waals surface area contributed by atoms with Gasteiger partial charge in [-0.2, -0.15) is 4.31 Å². The van der Waals surface area contributed by atoms with E-state index in [-0.39, 0.29) is 47.9 Å². The molecule has 2 unspecified atom stereocenters. The van der Waals surface area contributed by atoms with Crippen LogP contribution in [-0.2, 0) is 55.5 Å². The molecule has 0 aromatic carbocycles. The zero-order valence-corrected chi connectivity index (χ0v) is 36.9. The molecular weight excluding hydrogens is 937 g/mol. The minimum absolute atomic E-state index is 0.0310. The van der Waals surface area contributed by atoms with E-state index in [0.29, 0.717) is 5.75 Å². The molecule has 11 atom stereocenters. The van der Waals surface area contributed by atoms with Gasteiger partial charge in [-0.15, -0.1) is 0 Å². The summed E-state index contributed by atoms with van der Waals surface area (Å²) in [6, 6.07) is -1.26. The molecule has 30 nitrogen and oxygen atoms in total. The van der Waals surface area contributed by atoms with Crippen LogP contribution in [0, 0.1) is 5.41 Å². The van der Waals surface area contributed by atoms with Crippen molar-refractivity contribution in [3.8, 4) is 0 Å². The number of carbonyl (C=O) groups is 4. The quantitative estimate of drug-likeness (QED) is 0.0267. The summed E-state index contributed by atoms with van der Waals surface area (Å²) in [7, 11) is -16.4. The molecule has 0 saturated carbocycles. The number of hydrogen-bond donors (Lipinski definition) is 14. The molecule has 3 rings (SSSR count). The van der Waals surface area contributed by atoms with E-state index < -0.39 is 116 Å². The van der Waals surface area contributed by atoms with Crippen molar-refractivity contribution in [2.75, 3.05) is 44.4 Å². The molecule has 0 radical (unpaired) electrons. The number of aromatic nitrogens is 4. The third-order valence-corrected chi connectivity index (χ3v) is 12.2. The van der Waals surface area contributed by atoms with E-state index in [1.807, 2.05) is 0 Å². The maximum atomic E-state index is 12.6. The van der Waals surface area contributed by atoms with Gasteiger partial charge in [0.15, 0.2) is 22.8 Å². The molecule has 2 aromatic rings. The average Bonchev–Trinajstić information content (AvgIpc) is 3.76.